The number of amides is 2. The van der Waals surface area contributed by atoms with Crippen LogP contribution < -0.4 is 15.8 Å². The molecule has 32 heavy (non-hydrogen) atoms. The van der Waals surface area contributed by atoms with Gasteiger partial charge in [-0.1, -0.05) is 0 Å². The van der Waals surface area contributed by atoms with Crippen LogP contribution in [0.2, 0.25) is 0 Å². The molecule has 2 atom stereocenters. The number of alkyl halides is 3. The third-order valence-corrected chi connectivity index (χ3v) is 5.58. The minimum absolute atomic E-state index is 0.0342. The number of rotatable bonds is 6. The smallest absolute Gasteiger partial charge is 0.475 e. The number of hydrogen-bond donors (Lipinski definition) is 4. The van der Waals surface area contributed by atoms with Gasteiger partial charge in [-0.2, -0.15) is 13.2 Å². The predicted octanol–water partition coefficient (Wildman–Crippen LogP) is 0.759. The van der Waals surface area contributed by atoms with E-state index in [4.69, 9.17) is 15.6 Å². The van der Waals surface area contributed by atoms with Gasteiger partial charge in [0.05, 0.1) is 5.75 Å². The molecule has 0 aliphatic carbocycles. The van der Waals surface area contributed by atoms with E-state index in [2.05, 4.69) is 10.0 Å². The highest BCUT2D eigenvalue weighted by molar-refractivity contribution is 7.92. The first-order valence-corrected chi connectivity index (χ1v) is 11.1. The third-order valence-electron chi connectivity index (χ3n) is 4.28. The molecule has 1 aromatic rings. The number of carbonyl (C=O) groups excluding carboxylic acids is 2. The van der Waals surface area contributed by atoms with E-state index in [-0.39, 0.29) is 23.6 Å². The van der Waals surface area contributed by atoms with Crippen LogP contribution in [0.4, 0.5) is 18.9 Å². The number of carbonyl (C=O) groups is 3. The number of nitrogens with two attached hydrogens (primary N) is 1. The van der Waals surface area contributed by atoms with Crippen molar-refractivity contribution < 1.29 is 41.1 Å². The first-order chi connectivity index (χ1) is 14.7. The number of carboxylic acid groups (broad SMARTS) is 1. The average Bonchev–Trinajstić information content (AvgIpc) is 3.09. The summed E-state index contributed by atoms with van der Waals surface area (Å²) in [5, 5.41) is 9.85. The molecule has 0 bridgehead atoms. The number of nitrogens with one attached hydrogen (secondary N) is 2. The summed E-state index contributed by atoms with van der Waals surface area (Å²) in [6.07, 6.45) is -4.66. The molecule has 1 heterocycles. The van der Waals surface area contributed by atoms with Gasteiger partial charge in [0.25, 0.3) is 5.91 Å². The van der Waals surface area contributed by atoms with E-state index in [0.717, 1.165) is 0 Å². The summed E-state index contributed by atoms with van der Waals surface area (Å²) in [7, 11) is -3.37. The fourth-order valence-electron chi connectivity index (χ4n) is 2.73. The van der Waals surface area contributed by atoms with Crippen LogP contribution in [0.1, 0.15) is 30.6 Å². The Morgan fingerprint density at radius 1 is 1.19 bits per heavy atom. The number of likely N-dealkylation sites (N-methyl/N-ethyl adjacent to an activating group) is 1. The molecule has 1 saturated heterocycles. The van der Waals surface area contributed by atoms with Crippen molar-refractivity contribution in [3.8, 4) is 0 Å². The van der Waals surface area contributed by atoms with E-state index in [1.807, 2.05) is 6.92 Å². The number of carboxylic acids is 1. The number of likely N-dealkylation sites (tertiary alicyclic amines) is 1. The standard InChI is InChI=1S/C16H24N4O4S.C2HF3O2/c1-3-18-15(21)14-9-12(17)10-20(14)16(22)11-5-7-13(8-6-11)19-25(23,24)4-2;3-2(4,5)1(6)7/h5-8,12,14,19H,3-4,9-10,17H2,1-2H3,(H,18,21);(H,6,7)/t12-,14+;/m1./s1. The molecule has 5 N–H and O–H groups in total. The van der Waals surface area contributed by atoms with E-state index in [1.54, 1.807) is 6.92 Å². The molecule has 10 nitrogen and oxygen atoms in total. The predicted molar refractivity (Wildman–Crippen MR) is 109 cm³/mol. The molecular weight excluding hydrogens is 457 g/mol. The largest absolute Gasteiger partial charge is 0.490 e. The fraction of sp³-hybridized carbons (Fsp3) is 0.500. The molecule has 180 valence electrons. The monoisotopic (exact) mass is 482 g/mol. The molecular formula is C18H25F3N4O6S. The quantitative estimate of drug-likeness (QED) is 0.466. The van der Waals surface area contributed by atoms with Gasteiger partial charge in [-0.3, -0.25) is 14.3 Å². The average molecular weight is 482 g/mol. The number of sulfonamides is 1. The summed E-state index contributed by atoms with van der Waals surface area (Å²) in [5.41, 5.74) is 6.69. The highest BCUT2D eigenvalue weighted by Gasteiger charge is 2.39. The second-order valence-electron chi connectivity index (χ2n) is 6.75. The Labute approximate surface area is 183 Å². The second-order valence-corrected chi connectivity index (χ2v) is 8.76. The van der Waals surface area contributed by atoms with E-state index in [1.165, 1.54) is 29.2 Å². The fourth-order valence-corrected chi connectivity index (χ4v) is 3.37. The Bertz CT molecular complexity index is 922. The van der Waals surface area contributed by atoms with Crippen molar-refractivity contribution in [1.82, 2.24) is 10.2 Å². The van der Waals surface area contributed by atoms with Gasteiger partial charge in [-0.05, 0) is 44.5 Å². The number of nitrogens with zero attached hydrogens (tertiary/aromatic N) is 1. The first-order valence-electron chi connectivity index (χ1n) is 9.46. The zero-order chi connectivity index (χ0) is 24.7. The van der Waals surface area contributed by atoms with E-state index >= 15 is 0 Å². The molecule has 0 radical (unpaired) electrons. The Morgan fingerprint density at radius 3 is 2.16 bits per heavy atom. The van der Waals surface area contributed by atoms with E-state index in [0.29, 0.717) is 30.8 Å². The second kappa shape index (κ2) is 11.1. The number of benzene rings is 1. The van der Waals surface area contributed by atoms with Crippen molar-refractivity contribution in [2.75, 3.05) is 23.6 Å². The first kappa shape index (κ1) is 27.2. The van der Waals surface area contributed by atoms with Crippen molar-refractivity contribution in [3.05, 3.63) is 29.8 Å². The minimum Gasteiger partial charge on any atom is -0.475 e. The van der Waals surface area contributed by atoms with Crippen LogP contribution in [0.15, 0.2) is 24.3 Å². The zero-order valence-corrected chi connectivity index (χ0v) is 18.2. The molecule has 14 heteroatoms. The lowest BCUT2D eigenvalue weighted by Crippen LogP contribution is -2.45. The van der Waals surface area contributed by atoms with E-state index in [9.17, 15) is 31.2 Å². The van der Waals surface area contributed by atoms with Crippen LogP contribution in [-0.4, -0.2) is 73.3 Å². The summed E-state index contributed by atoms with van der Waals surface area (Å²) < 4.78 is 57.3. The normalized spacial score (nSPS) is 18.4. The minimum atomic E-state index is -5.08. The Morgan fingerprint density at radius 2 is 1.72 bits per heavy atom. The van der Waals surface area contributed by atoms with Gasteiger partial charge in [-0.25, -0.2) is 13.2 Å². The van der Waals surface area contributed by atoms with Gasteiger partial charge in [0.2, 0.25) is 15.9 Å². The van der Waals surface area contributed by atoms with Crippen LogP contribution in [0.3, 0.4) is 0 Å². The Kier molecular flexibility index (Phi) is 9.45. The SMILES string of the molecule is CCNC(=O)[C@@H]1C[C@@H](N)CN1C(=O)c1ccc(NS(=O)(=O)CC)cc1.O=C(O)C(F)(F)F. The topological polar surface area (TPSA) is 159 Å². The summed E-state index contributed by atoms with van der Waals surface area (Å²) >= 11 is 0. The van der Waals surface area contributed by atoms with Crippen molar-refractivity contribution >= 4 is 33.5 Å². The summed E-state index contributed by atoms with van der Waals surface area (Å²) in [6, 6.07) is 5.30. The third kappa shape index (κ3) is 8.00. The van der Waals surface area contributed by atoms with Gasteiger partial charge < -0.3 is 21.1 Å². The zero-order valence-electron chi connectivity index (χ0n) is 17.3. The molecule has 0 spiro atoms. The van der Waals surface area contributed by atoms with E-state index < -0.39 is 28.2 Å². The lowest BCUT2D eigenvalue weighted by Gasteiger charge is -2.23. The molecule has 0 aromatic heterocycles. The van der Waals surface area contributed by atoms with Crippen molar-refractivity contribution in [3.63, 3.8) is 0 Å². The molecule has 0 saturated carbocycles. The maximum absolute atomic E-state index is 12.7. The highest BCUT2D eigenvalue weighted by atomic mass is 32.2. The van der Waals surface area contributed by atoms with Crippen molar-refractivity contribution in [1.29, 1.82) is 0 Å². The van der Waals surface area contributed by atoms with Gasteiger partial charge in [0.1, 0.15) is 6.04 Å². The van der Waals surface area contributed by atoms with Gasteiger partial charge in [0, 0.05) is 30.4 Å². The summed E-state index contributed by atoms with van der Waals surface area (Å²) in [5.74, 6) is -3.30. The molecule has 0 unspecified atom stereocenters. The number of halogens is 3. The number of anilines is 1. The Balaban J connectivity index is 0.000000633. The van der Waals surface area contributed by atoms with Crippen LogP contribution in [0.5, 0.6) is 0 Å². The highest BCUT2D eigenvalue weighted by Crippen LogP contribution is 2.21. The summed E-state index contributed by atoms with van der Waals surface area (Å²) in [4.78, 5) is 35.2. The molecule has 1 aromatic carbocycles. The van der Waals surface area contributed by atoms with Crippen LogP contribution in [0.25, 0.3) is 0 Å². The molecule has 1 fully saturated rings. The van der Waals surface area contributed by atoms with Crippen LogP contribution in [0, 0.1) is 0 Å². The number of aliphatic carboxylic acids is 1. The lowest BCUT2D eigenvalue weighted by molar-refractivity contribution is -0.192. The van der Waals surface area contributed by atoms with Gasteiger partial charge in [-0.15, -0.1) is 0 Å². The molecule has 2 rings (SSSR count). The van der Waals surface area contributed by atoms with Crippen molar-refractivity contribution in [2.45, 2.75) is 38.5 Å². The summed E-state index contributed by atoms with van der Waals surface area (Å²) in [6.45, 7) is 4.15. The van der Waals surface area contributed by atoms with Gasteiger partial charge >= 0.3 is 12.1 Å². The molecule has 1 aliphatic heterocycles. The number of hydrogen-bond acceptors (Lipinski definition) is 6. The maximum Gasteiger partial charge on any atom is 0.490 e. The molecule has 1 aliphatic rings. The van der Waals surface area contributed by atoms with Crippen LogP contribution in [-0.2, 0) is 19.6 Å². The maximum atomic E-state index is 12.7. The molecule has 2 amide bonds. The van der Waals surface area contributed by atoms with Crippen LogP contribution >= 0.6 is 0 Å². The lowest BCUT2D eigenvalue weighted by atomic mass is 10.1. The van der Waals surface area contributed by atoms with Crippen molar-refractivity contribution in [2.24, 2.45) is 5.73 Å². The van der Waals surface area contributed by atoms with Gasteiger partial charge in [0.15, 0.2) is 0 Å². The Hall–Kier alpha value is -2.87.